The molecule has 25 heavy (non-hydrogen) atoms. The largest absolute Gasteiger partial charge is 0.392 e. The quantitative estimate of drug-likeness (QED) is 0.469. The van der Waals surface area contributed by atoms with Gasteiger partial charge in [0.1, 0.15) is 5.70 Å². The van der Waals surface area contributed by atoms with Crippen molar-refractivity contribution in [1.29, 1.82) is 5.41 Å². The molecule has 5 N–H and O–H groups in total. The molecule has 0 bridgehead atoms. The third-order valence-electron chi connectivity index (χ3n) is 3.94. The molecule has 7 heteroatoms. The second-order valence-electron chi connectivity index (χ2n) is 6.13. The molecule has 0 unspecified atom stereocenters. The topological polar surface area (TPSA) is 100 Å². The second kappa shape index (κ2) is 8.73. The number of amides is 1. The second-order valence-corrected chi connectivity index (χ2v) is 6.13. The zero-order valence-corrected chi connectivity index (χ0v) is 14.6. The Morgan fingerprint density at radius 2 is 2.08 bits per heavy atom. The predicted octanol–water partition coefficient (Wildman–Crippen LogP) is 2.63. The molecule has 1 aromatic rings. The van der Waals surface area contributed by atoms with Gasteiger partial charge in [-0.15, -0.1) is 0 Å². The molecule has 0 radical (unpaired) electrons. The van der Waals surface area contributed by atoms with Crippen molar-refractivity contribution in [3.05, 3.63) is 41.4 Å². The van der Waals surface area contributed by atoms with E-state index in [1.165, 1.54) is 0 Å². The first-order valence-electron chi connectivity index (χ1n) is 8.42. The van der Waals surface area contributed by atoms with Crippen molar-refractivity contribution < 1.29 is 13.9 Å². The summed E-state index contributed by atoms with van der Waals surface area (Å²) in [7, 11) is 0. The molecule has 1 aliphatic rings. The average molecular weight is 348 g/mol. The number of allylic oxidation sites excluding steroid dienone is 1. The normalized spacial score (nSPS) is 21.4. The summed E-state index contributed by atoms with van der Waals surface area (Å²) in [4.78, 5) is 12.0. The van der Waals surface area contributed by atoms with E-state index in [0.29, 0.717) is 12.1 Å². The molecule has 136 valence electrons. The van der Waals surface area contributed by atoms with Crippen molar-refractivity contribution >= 4 is 17.3 Å². The maximum absolute atomic E-state index is 13.9. The standard InChI is InChI=1S/C18H25FN4O2/c1-3-4-14(20)16(19)17(21)18(24)23-13-7-5-12(6-8-13)15-10-22-9-11(2)25-15/h5-8,11,15,20,22H,3-4,9-10,21H2,1-2H3,(H,23,24)/b17-16+,20-14?/t11-,15-/m1/s1. The van der Waals surface area contributed by atoms with Crippen LogP contribution in [-0.2, 0) is 9.53 Å². The lowest BCUT2D eigenvalue weighted by atomic mass is 10.1. The van der Waals surface area contributed by atoms with Crippen LogP contribution in [0.5, 0.6) is 0 Å². The molecule has 1 aromatic carbocycles. The van der Waals surface area contributed by atoms with Gasteiger partial charge in [0, 0.05) is 18.8 Å². The van der Waals surface area contributed by atoms with Gasteiger partial charge < -0.3 is 26.5 Å². The highest BCUT2D eigenvalue weighted by Gasteiger charge is 2.20. The Kier molecular flexibility index (Phi) is 6.66. The van der Waals surface area contributed by atoms with Crippen LogP contribution in [0, 0.1) is 5.41 Å². The Morgan fingerprint density at radius 3 is 2.68 bits per heavy atom. The third kappa shape index (κ3) is 5.11. The Bertz CT molecular complexity index is 658. The van der Waals surface area contributed by atoms with Crippen LogP contribution in [-0.4, -0.2) is 30.8 Å². The Morgan fingerprint density at radius 1 is 1.40 bits per heavy atom. The molecular formula is C18H25FN4O2. The zero-order valence-electron chi connectivity index (χ0n) is 14.6. The van der Waals surface area contributed by atoms with Gasteiger partial charge >= 0.3 is 0 Å². The van der Waals surface area contributed by atoms with Crippen LogP contribution in [0.15, 0.2) is 35.8 Å². The minimum absolute atomic E-state index is 0.0366. The summed E-state index contributed by atoms with van der Waals surface area (Å²) >= 11 is 0. The summed E-state index contributed by atoms with van der Waals surface area (Å²) in [5.41, 5.74) is 6.19. The molecule has 1 amide bonds. The van der Waals surface area contributed by atoms with E-state index in [0.717, 1.165) is 18.7 Å². The minimum atomic E-state index is -0.966. The Balaban J connectivity index is 2.02. The van der Waals surface area contributed by atoms with E-state index in [2.05, 4.69) is 10.6 Å². The molecule has 1 aliphatic heterocycles. The van der Waals surface area contributed by atoms with Gasteiger partial charge in [-0.2, -0.15) is 0 Å². The van der Waals surface area contributed by atoms with E-state index in [9.17, 15) is 9.18 Å². The first-order chi connectivity index (χ1) is 11.9. The average Bonchev–Trinajstić information content (AvgIpc) is 2.61. The fraction of sp³-hybridized carbons (Fsp3) is 0.444. The van der Waals surface area contributed by atoms with Gasteiger partial charge in [0.2, 0.25) is 0 Å². The lowest BCUT2D eigenvalue weighted by Gasteiger charge is -2.29. The lowest BCUT2D eigenvalue weighted by molar-refractivity contribution is -0.113. The fourth-order valence-electron chi connectivity index (χ4n) is 2.59. The van der Waals surface area contributed by atoms with Crippen molar-refractivity contribution in [2.24, 2.45) is 5.73 Å². The van der Waals surface area contributed by atoms with Crippen LogP contribution in [0.4, 0.5) is 10.1 Å². The van der Waals surface area contributed by atoms with Gasteiger partial charge in [0.05, 0.1) is 17.9 Å². The summed E-state index contributed by atoms with van der Waals surface area (Å²) in [6.07, 6.45) is 0.955. The number of carbonyl (C=O) groups excluding carboxylic acids is 1. The molecule has 1 fully saturated rings. The van der Waals surface area contributed by atoms with E-state index >= 15 is 0 Å². The van der Waals surface area contributed by atoms with Gasteiger partial charge in [-0.05, 0) is 31.0 Å². The fourth-order valence-corrected chi connectivity index (χ4v) is 2.59. The SMILES string of the molecule is CCCC(=N)/C(F)=C(\N)C(=O)Nc1ccc([C@H]2CNC[C@@H](C)O2)cc1. The molecule has 0 aromatic heterocycles. The van der Waals surface area contributed by atoms with Gasteiger partial charge in [-0.25, -0.2) is 4.39 Å². The number of benzene rings is 1. The molecule has 0 spiro atoms. The van der Waals surface area contributed by atoms with Crippen molar-refractivity contribution in [1.82, 2.24) is 5.32 Å². The van der Waals surface area contributed by atoms with Crippen molar-refractivity contribution in [2.75, 3.05) is 18.4 Å². The van der Waals surface area contributed by atoms with E-state index < -0.39 is 17.4 Å². The summed E-state index contributed by atoms with van der Waals surface area (Å²) < 4.78 is 19.8. The van der Waals surface area contributed by atoms with Gasteiger partial charge in [-0.3, -0.25) is 4.79 Å². The van der Waals surface area contributed by atoms with E-state index in [1.54, 1.807) is 12.1 Å². The lowest BCUT2D eigenvalue weighted by Crippen LogP contribution is -2.38. The molecule has 1 saturated heterocycles. The van der Waals surface area contributed by atoms with Crippen molar-refractivity contribution in [3.63, 3.8) is 0 Å². The smallest absolute Gasteiger partial charge is 0.274 e. The van der Waals surface area contributed by atoms with E-state index in [-0.39, 0.29) is 24.3 Å². The Labute approximate surface area is 147 Å². The molecule has 2 rings (SSSR count). The number of hydrogen-bond acceptors (Lipinski definition) is 5. The van der Waals surface area contributed by atoms with Gasteiger partial charge in [-0.1, -0.05) is 25.5 Å². The molecule has 0 aliphatic carbocycles. The van der Waals surface area contributed by atoms with Crippen LogP contribution in [0.2, 0.25) is 0 Å². The highest BCUT2D eigenvalue weighted by atomic mass is 19.1. The third-order valence-corrected chi connectivity index (χ3v) is 3.94. The van der Waals surface area contributed by atoms with Crippen LogP contribution in [0.1, 0.15) is 38.4 Å². The molecule has 2 atom stereocenters. The summed E-state index contributed by atoms with van der Waals surface area (Å²) in [6.45, 7) is 5.39. The number of rotatable bonds is 6. The van der Waals surface area contributed by atoms with Gasteiger partial charge in [0.25, 0.3) is 5.91 Å². The van der Waals surface area contributed by atoms with E-state index in [1.807, 2.05) is 26.0 Å². The van der Waals surface area contributed by atoms with Crippen LogP contribution in [0.25, 0.3) is 0 Å². The Hall–Kier alpha value is -2.25. The molecule has 6 nitrogen and oxygen atoms in total. The first-order valence-corrected chi connectivity index (χ1v) is 8.42. The maximum atomic E-state index is 13.9. The molecule has 0 saturated carbocycles. The predicted molar refractivity (Wildman–Crippen MR) is 96.2 cm³/mol. The minimum Gasteiger partial charge on any atom is -0.392 e. The number of halogens is 1. The van der Waals surface area contributed by atoms with Crippen molar-refractivity contribution in [3.8, 4) is 0 Å². The van der Waals surface area contributed by atoms with E-state index in [4.69, 9.17) is 15.9 Å². The number of carbonyl (C=O) groups is 1. The summed E-state index contributed by atoms with van der Waals surface area (Å²) in [5, 5.41) is 13.4. The van der Waals surface area contributed by atoms with Crippen LogP contribution >= 0.6 is 0 Å². The number of nitrogens with one attached hydrogen (secondary N) is 3. The first kappa shape index (κ1) is 19.1. The number of morpholine rings is 1. The molecule has 1 heterocycles. The number of anilines is 1. The number of hydrogen-bond donors (Lipinski definition) is 4. The number of nitrogens with two attached hydrogens (primary N) is 1. The molecular weight excluding hydrogens is 323 g/mol. The maximum Gasteiger partial charge on any atom is 0.274 e. The van der Waals surface area contributed by atoms with Gasteiger partial charge in [0.15, 0.2) is 5.83 Å². The number of ether oxygens (including phenoxy) is 1. The summed E-state index contributed by atoms with van der Waals surface area (Å²) in [6, 6.07) is 7.15. The zero-order chi connectivity index (χ0) is 18.4. The monoisotopic (exact) mass is 348 g/mol. The summed E-state index contributed by atoms with van der Waals surface area (Å²) in [5.74, 6) is -1.72. The highest BCUT2D eigenvalue weighted by molar-refractivity contribution is 6.09. The highest BCUT2D eigenvalue weighted by Crippen LogP contribution is 2.23. The van der Waals surface area contributed by atoms with Crippen LogP contribution < -0.4 is 16.4 Å². The van der Waals surface area contributed by atoms with Crippen molar-refractivity contribution in [2.45, 2.75) is 38.9 Å². The van der Waals surface area contributed by atoms with Crippen LogP contribution in [0.3, 0.4) is 0 Å².